The summed E-state index contributed by atoms with van der Waals surface area (Å²) in [7, 11) is 0. The van der Waals surface area contributed by atoms with Crippen LogP contribution < -0.4 is 10.6 Å². The summed E-state index contributed by atoms with van der Waals surface area (Å²) < 4.78 is 0. The summed E-state index contributed by atoms with van der Waals surface area (Å²) in [6, 6.07) is 8.27. The average molecular weight is 273 g/mol. The maximum atomic E-state index is 9.10. The van der Waals surface area contributed by atoms with E-state index in [1.165, 1.54) is 0 Å². The van der Waals surface area contributed by atoms with E-state index in [0.717, 1.165) is 40.9 Å². The van der Waals surface area contributed by atoms with Crippen molar-refractivity contribution in [3.05, 3.63) is 30.0 Å². The quantitative estimate of drug-likeness (QED) is 0.822. The van der Waals surface area contributed by atoms with Crippen LogP contribution in [-0.4, -0.2) is 29.3 Å². The van der Waals surface area contributed by atoms with Gasteiger partial charge in [-0.25, -0.2) is 0 Å². The number of hydrogen-bond donors (Lipinski definition) is 2. The van der Waals surface area contributed by atoms with Gasteiger partial charge in [0, 0.05) is 41.6 Å². The van der Waals surface area contributed by atoms with Crippen LogP contribution in [0, 0.1) is 6.92 Å². The zero-order chi connectivity index (χ0) is 14.7. The predicted octanol–water partition coefficient (Wildman–Crippen LogP) is 2.72. The van der Waals surface area contributed by atoms with Crippen molar-refractivity contribution in [1.82, 2.24) is 4.98 Å². The lowest BCUT2D eigenvalue weighted by Gasteiger charge is -2.30. The van der Waals surface area contributed by atoms with E-state index in [1.54, 1.807) is 0 Å². The second kappa shape index (κ2) is 6.09. The Bertz CT molecular complexity index is 596. The molecule has 0 bridgehead atoms. The summed E-state index contributed by atoms with van der Waals surface area (Å²) in [6.07, 6.45) is 0.753. The summed E-state index contributed by atoms with van der Waals surface area (Å²) >= 11 is 0. The van der Waals surface area contributed by atoms with Gasteiger partial charge >= 0.3 is 0 Å². The molecule has 1 aromatic carbocycles. The number of pyridine rings is 1. The molecule has 2 aromatic rings. The molecule has 0 aliphatic carbocycles. The van der Waals surface area contributed by atoms with Gasteiger partial charge in [0.1, 0.15) is 0 Å². The van der Waals surface area contributed by atoms with Gasteiger partial charge in [0.05, 0.1) is 5.52 Å². The van der Waals surface area contributed by atoms with Gasteiger partial charge < -0.3 is 15.7 Å². The van der Waals surface area contributed by atoms with Crippen LogP contribution >= 0.6 is 0 Å². The Morgan fingerprint density at radius 1 is 1.30 bits per heavy atom. The van der Waals surface area contributed by atoms with Crippen LogP contribution in [0.2, 0.25) is 0 Å². The smallest absolute Gasteiger partial charge is 0.0727 e. The van der Waals surface area contributed by atoms with Crippen LogP contribution in [0.1, 0.15) is 26.0 Å². The molecule has 0 saturated carbocycles. The molecule has 2 rings (SSSR count). The third-order valence-corrected chi connectivity index (χ3v) is 3.43. The zero-order valence-electron chi connectivity index (χ0n) is 12.4. The van der Waals surface area contributed by atoms with E-state index in [4.69, 9.17) is 10.8 Å². The lowest BCUT2D eigenvalue weighted by molar-refractivity contribution is 0.288. The number of nitrogens with two attached hydrogens (primary N) is 1. The van der Waals surface area contributed by atoms with Crippen molar-refractivity contribution < 1.29 is 5.11 Å². The molecule has 0 radical (unpaired) electrons. The number of hydrogen-bond acceptors (Lipinski definition) is 4. The molecule has 0 aliphatic rings. The summed E-state index contributed by atoms with van der Waals surface area (Å²) in [6.45, 7) is 7.34. The summed E-state index contributed by atoms with van der Waals surface area (Å²) in [5, 5.41) is 10.2. The number of aliphatic hydroxyl groups is 1. The molecule has 20 heavy (non-hydrogen) atoms. The van der Waals surface area contributed by atoms with E-state index < -0.39 is 0 Å². The number of anilines is 2. The summed E-state index contributed by atoms with van der Waals surface area (Å²) in [4.78, 5) is 6.87. The monoisotopic (exact) mass is 273 g/mol. The van der Waals surface area contributed by atoms with Crippen molar-refractivity contribution >= 4 is 22.3 Å². The first-order valence-corrected chi connectivity index (χ1v) is 7.07. The molecule has 3 N–H and O–H groups in total. The van der Waals surface area contributed by atoms with Crippen LogP contribution in [0.15, 0.2) is 24.3 Å². The van der Waals surface area contributed by atoms with Crippen LogP contribution in [0.4, 0.5) is 11.4 Å². The molecule has 1 heterocycles. The minimum atomic E-state index is 0.202. The molecule has 4 heteroatoms. The van der Waals surface area contributed by atoms with Gasteiger partial charge in [-0.15, -0.1) is 0 Å². The lowest BCUT2D eigenvalue weighted by Crippen LogP contribution is -2.32. The second-order valence-corrected chi connectivity index (χ2v) is 5.42. The first kappa shape index (κ1) is 14.6. The normalized spacial score (nSPS) is 11.2. The Labute approximate surface area is 120 Å². The molecule has 0 unspecified atom stereocenters. The first-order valence-electron chi connectivity index (χ1n) is 7.07. The molecule has 0 amide bonds. The molecule has 0 saturated heterocycles. The number of nitrogen functional groups attached to an aromatic ring is 1. The Balaban J connectivity index is 2.57. The summed E-state index contributed by atoms with van der Waals surface area (Å²) in [5.74, 6) is 0. The molecular formula is C16H23N3O. The largest absolute Gasteiger partial charge is 0.399 e. The van der Waals surface area contributed by atoms with Crippen LogP contribution in [0.25, 0.3) is 10.9 Å². The van der Waals surface area contributed by atoms with Crippen molar-refractivity contribution in [2.24, 2.45) is 0 Å². The minimum absolute atomic E-state index is 0.202. The number of aromatic nitrogens is 1. The van der Waals surface area contributed by atoms with Crippen molar-refractivity contribution in [2.75, 3.05) is 23.8 Å². The third kappa shape index (κ3) is 3.02. The number of aliphatic hydroxyl groups excluding tert-OH is 1. The highest BCUT2D eigenvalue weighted by molar-refractivity contribution is 5.94. The number of aryl methyl sites for hydroxylation is 1. The molecule has 0 fully saturated rings. The van der Waals surface area contributed by atoms with E-state index in [9.17, 15) is 0 Å². The number of benzene rings is 1. The number of rotatable bonds is 5. The van der Waals surface area contributed by atoms with Gasteiger partial charge in [-0.3, -0.25) is 4.98 Å². The molecule has 4 nitrogen and oxygen atoms in total. The highest BCUT2D eigenvalue weighted by atomic mass is 16.3. The fraction of sp³-hybridized carbons (Fsp3) is 0.438. The van der Waals surface area contributed by atoms with Crippen LogP contribution in [0.3, 0.4) is 0 Å². The molecule has 0 spiro atoms. The molecule has 0 atom stereocenters. The number of nitrogens with zero attached hydrogens (tertiary/aromatic N) is 2. The lowest BCUT2D eigenvalue weighted by atomic mass is 10.1. The van der Waals surface area contributed by atoms with Crippen LogP contribution in [-0.2, 0) is 0 Å². The third-order valence-electron chi connectivity index (χ3n) is 3.43. The zero-order valence-corrected chi connectivity index (χ0v) is 12.4. The highest BCUT2D eigenvalue weighted by Crippen LogP contribution is 2.29. The first-order chi connectivity index (χ1) is 9.52. The fourth-order valence-electron chi connectivity index (χ4n) is 2.49. The van der Waals surface area contributed by atoms with Crippen molar-refractivity contribution in [3.8, 4) is 0 Å². The SMILES string of the molecule is Cc1cc(N(CCCO)C(C)C)c2cc(N)ccc2n1. The average Bonchev–Trinajstić information content (AvgIpc) is 2.39. The minimum Gasteiger partial charge on any atom is -0.399 e. The topological polar surface area (TPSA) is 62.4 Å². The van der Waals surface area contributed by atoms with E-state index in [2.05, 4.69) is 29.8 Å². The maximum Gasteiger partial charge on any atom is 0.0727 e. The second-order valence-electron chi connectivity index (χ2n) is 5.42. The Morgan fingerprint density at radius 3 is 2.70 bits per heavy atom. The number of fused-ring (bicyclic) bond motifs is 1. The maximum absolute atomic E-state index is 9.10. The molecule has 1 aromatic heterocycles. The standard InChI is InChI=1S/C16H23N3O/c1-11(2)19(7-4-8-20)16-9-12(3)18-15-6-5-13(17)10-14(15)16/h5-6,9-11,20H,4,7-8,17H2,1-3H3. The van der Waals surface area contributed by atoms with E-state index in [1.807, 2.05) is 25.1 Å². The molecule has 108 valence electrons. The van der Waals surface area contributed by atoms with Gasteiger partial charge in [-0.2, -0.15) is 0 Å². The van der Waals surface area contributed by atoms with Gasteiger partial charge in [0.15, 0.2) is 0 Å². The highest BCUT2D eigenvalue weighted by Gasteiger charge is 2.14. The van der Waals surface area contributed by atoms with Gasteiger partial charge in [0.2, 0.25) is 0 Å². The Kier molecular flexibility index (Phi) is 4.45. The fourth-order valence-corrected chi connectivity index (χ4v) is 2.49. The Morgan fingerprint density at radius 2 is 2.05 bits per heavy atom. The van der Waals surface area contributed by atoms with E-state index >= 15 is 0 Å². The molecule has 0 aliphatic heterocycles. The Hall–Kier alpha value is -1.81. The van der Waals surface area contributed by atoms with Gasteiger partial charge in [-0.1, -0.05) is 0 Å². The van der Waals surface area contributed by atoms with E-state index in [-0.39, 0.29) is 6.61 Å². The van der Waals surface area contributed by atoms with Crippen LogP contribution in [0.5, 0.6) is 0 Å². The van der Waals surface area contributed by atoms with E-state index in [0.29, 0.717) is 6.04 Å². The van der Waals surface area contributed by atoms with Gasteiger partial charge in [0.25, 0.3) is 0 Å². The van der Waals surface area contributed by atoms with Gasteiger partial charge in [-0.05, 0) is 51.5 Å². The van der Waals surface area contributed by atoms with Crippen molar-refractivity contribution in [1.29, 1.82) is 0 Å². The van der Waals surface area contributed by atoms with Crippen molar-refractivity contribution in [2.45, 2.75) is 33.2 Å². The molecular weight excluding hydrogens is 250 g/mol. The predicted molar refractivity (Wildman–Crippen MR) is 85.1 cm³/mol. The van der Waals surface area contributed by atoms with Crippen molar-refractivity contribution in [3.63, 3.8) is 0 Å². The summed E-state index contributed by atoms with van der Waals surface area (Å²) in [5.41, 5.74) is 9.76.